The van der Waals surface area contributed by atoms with Crippen molar-refractivity contribution in [2.75, 3.05) is 11.9 Å². The Labute approximate surface area is 112 Å². The van der Waals surface area contributed by atoms with E-state index in [1.54, 1.807) is 6.20 Å². The average Bonchev–Trinajstić information content (AvgIpc) is 3.05. The number of hydrogen-bond acceptors (Lipinski definition) is 3. The van der Waals surface area contributed by atoms with Crippen molar-refractivity contribution in [1.29, 1.82) is 0 Å². The number of hydrogen-bond donors (Lipinski definition) is 1. The maximum Gasteiger partial charge on any atom is 0.175 e. The summed E-state index contributed by atoms with van der Waals surface area (Å²) >= 11 is 0. The molecule has 2 heterocycles. The number of fused-ring (bicyclic) bond motifs is 1. The molecule has 0 saturated heterocycles. The fourth-order valence-electron chi connectivity index (χ4n) is 2.56. The van der Waals surface area contributed by atoms with E-state index in [4.69, 9.17) is 0 Å². The molecule has 4 heteroatoms. The van der Waals surface area contributed by atoms with E-state index in [9.17, 15) is 4.79 Å². The highest BCUT2D eigenvalue weighted by molar-refractivity contribution is 6.02. The third-order valence-corrected chi connectivity index (χ3v) is 3.52. The molecule has 3 rings (SSSR count). The van der Waals surface area contributed by atoms with E-state index in [0.717, 1.165) is 24.2 Å². The van der Waals surface area contributed by atoms with Crippen LogP contribution in [0.5, 0.6) is 0 Å². The van der Waals surface area contributed by atoms with Crippen LogP contribution in [0.1, 0.15) is 35.2 Å². The van der Waals surface area contributed by atoms with E-state index < -0.39 is 0 Å². The number of rotatable bonds is 4. The highest BCUT2D eigenvalue weighted by Crippen LogP contribution is 2.33. The van der Waals surface area contributed by atoms with Gasteiger partial charge in [-0.25, -0.2) is 0 Å². The Morgan fingerprint density at radius 3 is 3.16 bits per heavy atom. The minimum Gasteiger partial charge on any atom is -0.384 e. The smallest absolute Gasteiger partial charge is 0.175 e. The van der Waals surface area contributed by atoms with Gasteiger partial charge in [0.1, 0.15) is 0 Å². The van der Waals surface area contributed by atoms with Gasteiger partial charge in [0, 0.05) is 25.0 Å². The fraction of sp³-hybridized carbons (Fsp3) is 0.333. The first kappa shape index (κ1) is 12.0. The van der Waals surface area contributed by atoms with Gasteiger partial charge in [-0.3, -0.25) is 9.48 Å². The summed E-state index contributed by atoms with van der Waals surface area (Å²) < 4.78 is 1.83. The summed E-state index contributed by atoms with van der Waals surface area (Å²) in [5, 5.41) is 7.51. The number of anilines is 1. The van der Waals surface area contributed by atoms with Crippen LogP contribution in [-0.4, -0.2) is 22.1 Å². The van der Waals surface area contributed by atoms with Crippen molar-refractivity contribution < 1.29 is 4.79 Å². The molecule has 98 valence electrons. The number of nitrogens with one attached hydrogen (secondary N) is 1. The summed E-state index contributed by atoms with van der Waals surface area (Å²) in [6, 6.07) is 8.00. The van der Waals surface area contributed by atoms with Gasteiger partial charge in [0.25, 0.3) is 0 Å². The molecule has 0 spiro atoms. The van der Waals surface area contributed by atoms with Crippen molar-refractivity contribution in [3.8, 4) is 0 Å². The molecule has 0 saturated carbocycles. The van der Waals surface area contributed by atoms with Gasteiger partial charge in [-0.05, 0) is 18.1 Å². The minimum absolute atomic E-state index is 0.0875. The topological polar surface area (TPSA) is 46.9 Å². The molecule has 4 nitrogen and oxygen atoms in total. The minimum atomic E-state index is -0.0875. The van der Waals surface area contributed by atoms with Crippen LogP contribution in [0.4, 0.5) is 5.69 Å². The van der Waals surface area contributed by atoms with Gasteiger partial charge in [0.05, 0.1) is 17.7 Å². The molecular formula is C15H17N3O. The van der Waals surface area contributed by atoms with Gasteiger partial charge < -0.3 is 5.32 Å². The van der Waals surface area contributed by atoms with Gasteiger partial charge in [-0.15, -0.1) is 0 Å². The zero-order valence-electron chi connectivity index (χ0n) is 11.0. The molecule has 1 aromatic heterocycles. The van der Waals surface area contributed by atoms with Crippen LogP contribution < -0.4 is 5.32 Å². The predicted octanol–water partition coefficient (Wildman–Crippen LogP) is 2.69. The summed E-state index contributed by atoms with van der Waals surface area (Å²) in [5.74, 6) is 0.0651. The highest BCUT2D eigenvalue weighted by Gasteiger charge is 2.29. The summed E-state index contributed by atoms with van der Waals surface area (Å²) in [6.45, 7) is 3.63. The van der Waals surface area contributed by atoms with E-state index in [1.807, 2.05) is 35.1 Å². The standard InChI is InChI=1S/C15H17N3O/c1-2-7-18-10-11(8-17-18)15(19)13-9-16-14-6-4-3-5-12(13)14/h3-6,8,10,13,16H,2,7,9H2,1H3. The molecule has 1 N–H and O–H groups in total. The van der Waals surface area contributed by atoms with E-state index in [0.29, 0.717) is 12.1 Å². The molecule has 0 aliphatic carbocycles. The number of para-hydroxylation sites is 1. The van der Waals surface area contributed by atoms with E-state index in [1.165, 1.54) is 0 Å². The number of ketones is 1. The zero-order valence-corrected chi connectivity index (χ0v) is 11.0. The predicted molar refractivity (Wildman–Crippen MR) is 74.5 cm³/mol. The third-order valence-electron chi connectivity index (χ3n) is 3.52. The Kier molecular flexibility index (Phi) is 3.07. The van der Waals surface area contributed by atoms with Gasteiger partial charge in [0.15, 0.2) is 5.78 Å². The molecular weight excluding hydrogens is 238 g/mol. The molecule has 0 amide bonds. The van der Waals surface area contributed by atoms with Crippen molar-refractivity contribution in [3.05, 3.63) is 47.8 Å². The highest BCUT2D eigenvalue weighted by atomic mass is 16.1. The van der Waals surface area contributed by atoms with Gasteiger partial charge in [0.2, 0.25) is 0 Å². The Morgan fingerprint density at radius 2 is 2.32 bits per heavy atom. The number of carbonyl (C=O) groups is 1. The number of nitrogens with zero attached hydrogens (tertiary/aromatic N) is 2. The summed E-state index contributed by atoms with van der Waals surface area (Å²) in [5.41, 5.74) is 2.87. The second-order valence-electron chi connectivity index (χ2n) is 4.88. The third kappa shape index (κ3) is 2.14. The molecule has 19 heavy (non-hydrogen) atoms. The summed E-state index contributed by atoms with van der Waals surface area (Å²) in [6.07, 6.45) is 4.55. The molecule has 2 aromatic rings. The first-order valence-electron chi connectivity index (χ1n) is 6.69. The lowest BCUT2D eigenvalue weighted by Gasteiger charge is -2.07. The van der Waals surface area contributed by atoms with Crippen molar-refractivity contribution >= 4 is 11.5 Å². The largest absolute Gasteiger partial charge is 0.384 e. The lowest BCUT2D eigenvalue weighted by atomic mass is 9.94. The molecule has 1 aliphatic rings. The number of aryl methyl sites for hydroxylation is 1. The van der Waals surface area contributed by atoms with Crippen LogP contribution in [-0.2, 0) is 6.54 Å². The lowest BCUT2D eigenvalue weighted by molar-refractivity contribution is 0.0966. The van der Waals surface area contributed by atoms with E-state index in [-0.39, 0.29) is 11.7 Å². The summed E-state index contributed by atoms with van der Waals surface area (Å²) in [7, 11) is 0. The second kappa shape index (κ2) is 4.88. The van der Waals surface area contributed by atoms with Crippen LogP contribution in [0.25, 0.3) is 0 Å². The lowest BCUT2D eigenvalue weighted by Crippen LogP contribution is -2.14. The van der Waals surface area contributed by atoms with Crippen LogP contribution in [0.15, 0.2) is 36.7 Å². The number of carbonyl (C=O) groups excluding carboxylic acids is 1. The number of Topliss-reactive ketones (excluding diaryl/α,β-unsaturated/α-hetero) is 1. The molecule has 0 fully saturated rings. The van der Waals surface area contributed by atoms with Crippen LogP contribution in [0.2, 0.25) is 0 Å². The zero-order chi connectivity index (χ0) is 13.2. The SMILES string of the molecule is CCCn1cc(C(=O)C2CNc3ccccc32)cn1. The molecule has 1 unspecified atom stereocenters. The van der Waals surface area contributed by atoms with Gasteiger partial charge in [-0.1, -0.05) is 25.1 Å². The Balaban J connectivity index is 1.85. The van der Waals surface area contributed by atoms with E-state index >= 15 is 0 Å². The van der Waals surface area contributed by atoms with Crippen LogP contribution >= 0.6 is 0 Å². The van der Waals surface area contributed by atoms with Crippen molar-refractivity contribution in [2.24, 2.45) is 0 Å². The normalized spacial score (nSPS) is 17.0. The molecule has 1 atom stereocenters. The molecule has 0 bridgehead atoms. The Bertz CT molecular complexity index is 603. The number of aromatic nitrogens is 2. The molecule has 1 aromatic carbocycles. The Morgan fingerprint density at radius 1 is 1.47 bits per heavy atom. The quantitative estimate of drug-likeness (QED) is 0.854. The Hall–Kier alpha value is -2.10. The van der Waals surface area contributed by atoms with Crippen LogP contribution in [0.3, 0.4) is 0 Å². The molecule has 1 aliphatic heterocycles. The summed E-state index contributed by atoms with van der Waals surface area (Å²) in [4.78, 5) is 12.5. The first-order valence-corrected chi connectivity index (χ1v) is 6.69. The number of benzene rings is 1. The van der Waals surface area contributed by atoms with Crippen LogP contribution in [0, 0.1) is 0 Å². The fourth-order valence-corrected chi connectivity index (χ4v) is 2.56. The van der Waals surface area contributed by atoms with Gasteiger partial charge >= 0.3 is 0 Å². The molecule has 0 radical (unpaired) electrons. The monoisotopic (exact) mass is 255 g/mol. The maximum absolute atomic E-state index is 12.5. The average molecular weight is 255 g/mol. The van der Waals surface area contributed by atoms with E-state index in [2.05, 4.69) is 17.3 Å². The maximum atomic E-state index is 12.5. The van der Waals surface area contributed by atoms with Crippen molar-refractivity contribution in [1.82, 2.24) is 9.78 Å². The van der Waals surface area contributed by atoms with Crippen molar-refractivity contribution in [2.45, 2.75) is 25.8 Å². The first-order chi connectivity index (χ1) is 9.29. The van der Waals surface area contributed by atoms with Crippen molar-refractivity contribution in [3.63, 3.8) is 0 Å². The second-order valence-corrected chi connectivity index (χ2v) is 4.88. The van der Waals surface area contributed by atoms with Gasteiger partial charge in [-0.2, -0.15) is 5.10 Å².